The third-order valence-electron chi connectivity index (χ3n) is 0.802. The van der Waals surface area contributed by atoms with Gasteiger partial charge in [0.05, 0.1) is 13.2 Å². The molecule has 0 atom stereocenters. The van der Waals surface area contributed by atoms with Crippen LogP contribution in [-0.4, -0.2) is 48.6 Å². The molecular weight excluding hydrogens is 192 g/mol. The second kappa shape index (κ2) is 11.9. The molecule has 1 rings (SSSR count). The van der Waals surface area contributed by atoms with Gasteiger partial charge in [0.25, 0.3) is 0 Å². The van der Waals surface area contributed by atoms with Crippen molar-refractivity contribution in [2.24, 2.45) is 0 Å². The minimum atomic E-state index is -0.482. The molecule has 0 aromatic rings. The van der Waals surface area contributed by atoms with E-state index in [1.165, 1.54) is 0 Å². The number of hydrogen-bond donors (Lipinski definition) is 2. The smallest absolute Gasteiger partial charge is 0.344 e. The number of aliphatic hydroxyl groups excluding tert-OH is 2. The summed E-state index contributed by atoms with van der Waals surface area (Å²) < 4.78 is 8.55. The molecule has 0 spiro atoms. The zero-order chi connectivity index (χ0) is 9.40. The molecule has 6 heteroatoms. The molecule has 0 aliphatic carbocycles. The van der Waals surface area contributed by atoms with Crippen LogP contribution in [0.5, 0.6) is 0 Å². The topological polar surface area (TPSA) is 93.1 Å². The van der Waals surface area contributed by atoms with Crippen LogP contribution in [0.15, 0.2) is 0 Å². The predicted molar refractivity (Wildman–Crippen MR) is 51.7 cm³/mol. The number of esters is 2. The molecule has 0 aromatic heterocycles. The molecule has 0 unspecified atom stereocenters. The Labute approximate surface area is 84.9 Å². The Hall–Kier alpha value is -1.14. The minimum Gasteiger partial charge on any atom is -0.451 e. The summed E-state index contributed by atoms with van der Waals surface area (Å²) >= 11 is 0. The molecule has 14 heavy (non-hydrogen) atoms. The normalized spacial score (nSPS) is 13.3. The summed E-state index contributed by atoms with van der Waals surface area (Å²) in [4.78, 5) is 20.2. The monoisotopic (exact) mass is 213 g/mol. The summed E-state index contributed by atoms with van der Waals surface area (Å²) in [6, 6.07) is 0. The first-order chi connectivity index (χ1) is 5.70. The predicted octanol–water partition coefficient (Wildman–Crippen LogP) is -0.424. The molecule has 1 heterocycles. The fourth-order valence-electron chi connectivity index (χ4n) is 0.362. The van der Waals surface area contributed by atoms with E-state index in [9.17, 15) is 9.59 Å². The molecule has 88 valence electrons. The molecule has 1 aliphatic rings. The van der Waals surface area contributed by atoms with Crippen LogP contribution in [0.25, 0.3) is 0 Å². The Kier molecular flexibility index (Phi) is 15.8. The average molecular weight is 213 g/mol. The SMILES string of the molecule is C.C.O=C1COC(=O)CO1.OCCO.[2HH]. The van der Waals surface area contributed by atoms with Gasteiger partial charge in [0, 0.05) is 1.43 Å². The van der Waals surface area contributed by atoms with Gasteiger partial charge < -0.3 is 19.7 Å². The van der Waals surface area contributed by atoms with E-state index in [1.54, 1.807) is 0 Å². The van der Waals surface area contributed by atoms with Crippen LogP contribution >= 0.6 is 0 Å². The number of ether oxygens (including phenoxy) is 2. The number of aliphatic hydroxyl groups is 2. The Bertz CT molecular complexity index is 131. The largest absolute Gasteiger partial charge is 0.451 e. The van der Waals surface area contributed by atoms with Gasteiger partial charge in [0.15, 0.2) is 13.2 Å². The van der Waals surface area contributed by atoms with Crippen LogP contribution in [0.2, 0.25) is 0 Å². The Balaban J connectivity index is -0.0000000779. The van der Waals surface area contributed by atoms with Crippen molar-refractivity contribution in [2.75, 3.05) is 26.4 Å². The summed E-state index contributed by atoms with van der Waals surface area (Å²) in [5, 5.41) is 15.2. The second-order valence-electron chi connectivity index (χ2n) is 1.77. The fourth-order valence-corrected chi connectivity index (χ4v) is 0.362. The van der Waals surface area contributed by atoms with Gasteiger partial charge >= 0.3 is 11.9 Å². The van der Waals surface area contributed by atoms with Gasteiger partial charge in [-0.1, -0.05) is 14.9 Å². The molecule has 0 radical (unpaired) electrons. The molecule has 1 fully saturated rings. The lowest BCUT2D eigenvalue weighted by molar-refractivity contribution is -0.174. The Morgan fingerprint density at radius 2 is 1.29 bits per heavy atom. The molecule has 1 saturated heterocycles. The zero-order valence-corrected chi connectivity index (χ0v) is 6.36. The molecule has 2 N–H and O–H groups in total. The fraction of sp³-hybridized carbons (Fsp3) is 0.750. The van der Waals surface area contributed by atoms with Crippen LogP contribution in [-0.2, 0) is 19.1 Å². The van der Waals surface area contributed by atoms with E-state index < -0.39 is 11.9 Å². The number of cyclic esters (lactones) is 2. The second-order valence-corrected chi connectivity index (χ2v) is 1.77. The van der Waals surface area contributed by atoms with Gasteiger partial charge in [-0.15, -0.1) is 0 Å². The standard InChI is InChI=1S/C4H4O4.C2H6O2.2CH4.H2/c5-3-1-7-4(6)2-8-3;3-1-2-4;;;/h1-2H2;3-4H,1-2H2;2*1H4;1H/i;;;;1+1. The lowest BCUT2D eigenvalue weighted by Gasteiger charge is -2.09. The summed E-state index contributed by atoms with van der Waals surface area (Å²) in [5.41, 5.74) is 0. The first kappa shape index (κ1) is 18.6. The van der Waals surface area contributed by atoms with Crippen molar-refractivity contribution < 1.29 is 30.7 Å². The molecule has 0 aromatic carbocycles. The van der Waals surface area contributed by atoms with Gasteiger partial charge in [-0.05, 0) is 0 Å². The van der Waals surface area contributed by atoms with Gasteiger partial charge in [-0.2, -0.15) is 0 Å². The minimum absolute atomic E-state index is 0. The number of carbonyl (C=O) groups is 2. The molecule has 6 nitrogen and oxygen atoms in total. The third kappa shape index (κ3) is 10.9. The molecule has 0 amide bonds. The summed E-state index contributed by atoms with van der Waals surface area (Å²) in [6.45, 7) is -0.725. The van der Waals surface area contributed by atoms with E-state index in [2.05, 4.69) is 9.47 Å². The number of hydrogen-bond acceptors (Lipinski definition) is 6. The highest BCUT2D eigenvalue weighted by Crippen LogP contribution is 1.90. The van der Waals surface area contributed by atoms with Crippen LogP contribution in [0.1, 0.15) is 16.3 Å². The van der Waals surface area contributed by atoms with Crippen molar-refractivity contribution in [3.8, 4) is 0 Å². The lowest BCUT2D eigenvalue weighted by Crippen LogP contribution is -2.27. The van der Waals surface area contributed by atoms with Crippen LogP contribution < -0.4 is 0 Å². The first-order valence-corrected chi connectivity index (χ1v) is 3.23. The molecule has 1 aliphatic heterocycles. The Morgan fingerprint density at radius 1 is 1.00 bits per heavy atom. The van der Waals surface area contributed by atoms with Crippen molar-refractivity contribution in [3.63, 3.8) is 0 Å². The quantitative estimate of drug-likeness (QED) is 0.574. The summed E-state index contributed by atoms with van der Waals surface area (Å²) in [5.74, 6) is -0.964. The van der Waals surface area contributed by atoms with E-state index in [0.29, 0.717) is 0 Å². The molecule has 0 saturated carbocycles. The van der Waals surface area contributed by atoms with Crippen molar-refractivity contribution in [2.45, 2.75) is 14.9 Å². The van der Waals surface area contributed by atoms with Crippen LogP contribution in [0.3, 0.4) is 0 Å². The van der Waals surface area contributed by atoms with E-state index in [0.717, 1.165) is 0 Å². The lowest BCUT2D eigenvalue weighted by atomic mass is 10.6. The van der Waals surface area contributed by atoms with Crippen molar-refractivity contribution in [1.82, 2.24) is 0 Å². The highest BCUT2D eigenvalue weighted by atomic mass is 16.6. The maximum absolute atomic E-state index is 10.1. The van der Waals surface area contributed by atoms with Crippen molar-refractivity contribution in [3.05, 3.63) is 0 Å². The highest BCUT2D eigenvalue weighted by Gasteiger charge is 2.16. The van der Waals surface area contributed by atoms with Crippen LogP contribution in [0.4, 0.5) is 0 Å². The third-order valence-corrected chi connectivity index (χ3v) is 0.802. The maximum Gasteiger partial charge on any atom is 0.344 e. The van der Waals surface area contributed by atoms with E-state index >= 15 is 0 Å². The zero-order valence-electron chi connectivity index (χ0n) is 6.36. The summed E-state index contributed by atoms with van der Waals surface area (Å²) in [6.07, 6.45) is 0. The van der Waals surface area contributed by atoms with Crippen LogP contribution in [0, 0.1) is 0 Å². The first-order valence-electron chi connectivity index (χ1n) is 3.23. The van der Waals surface area contributed by atoms with Gasteiger partial charge in [0.1, 0.15) is 0 Å². The number of rotatable bonds is 1. The van der Waals surface area contributed by atoms with Gasteiger partial charge in [-0.25, -0.2) is 9.59 Å². The van der Waals surface area contributed by atoms with E-state index in [-0.39, 0.29) is 42.7 Å². The highest BCUT2D eigenvalue weighted by molar-refractivity contribution is 5.82. The average Bonchev–Trinajstić information content (AvgIpc) is 2.11. The summed E-state index contributed by atoms with van der Waals surface area (Å²) in [7, 11) is 0. The van der Waals surface area contributed by atoms with Crippen molar-refractivity contribution in [1.29, 1.82) is 0 Å². The van der Waals surface area contributed by atoms with E-state index in [1.807, 2.05) is 0 Å². The number of carbonyl (C=O) groups excluding carboxylic acids is 2. The van der Waals surface area contributed by atoms with Gasteiger partial charge in [-0.3, -0.25) is 0 Å². The maximum atomic E-state index is 10.1. The van der Waals surface area contributed by atoms with Crippen molar-refractivity contribution >= 4 is 11.9 Å². The Morgan fingerprint density at radius 3 is 1.43 bits per heavy atom. The van der Waals surface area contributed by atoms with Gasteiger partial charge in [0.2, 0.25) is 0 Å². The van der Waals surface area contributed by atoms with E-state index in [4.69, 9.17) is 10.2 Å². The molecular formula is C8H20O6. The molecule has 0 bridgehead atoms.